The zero-order chi connectivity index (χ0) is 12.3. The van der Waals surface area contributed by atoms with Crippen molar-refractivity contribution in [2.45, 2.75) is 6.54 Å². The molecule has 0 aliphatic carbocycles. The molecule has 0 unspecified atom stereocenters. The van der Waals surface area contributed by atoms with Crippen LogP contribution < -0.4 is 10.5 Å². The van der Waals surface area contributed by atoms with Crippen molar-refractivity contribution in [3.8, 4) is 22.8 Å². The number of hydrogen-bond donors (Lipinski definition) is 2. The normalized spacial score (nSPS) is 10.2. The summed E-state index contributed by atoms with van der Waals surface area (Å²) < 4.78 is 5.15. The average Bonchev–Trinajstić information content (AvgIpc) is 2.39. The second-order valence-corrected chi connectivity index (χ2v) is 3.63. The molecule has 0 atom stereocenters. The molecule has 1 aromatic heterocycles. The highest BCUT2D eigenvalue weighted by molar-refractivity contribution is 5.62. The predicted molar refractivity (Wildman–Crippen MR) is 65.8 cm³/mol. The fraction of sp³-hybridized carbons (Fsp3) is 0.154. The standard InChI is InChI=1S/C13H14N2O2/c1-17-11-4-2-3-9(5-11)12-6-10(7-14)13(16)8-15-12/h2-6,8,16H,7,14H2,1H3. The van der Waals surface area contributed by atoms with E-state index in [0.29, 0.717) is 5.56 Å². The summed E-state index contributed by atoms with van der Waals surface area (Å²) in [6.07, 6.45) is 1.41. The summed E-state index contributed by atoms with van der Waals surface area (Å²) in [5.41, 5.74) is 7.92. The van der Waals surface area contributed by atoms with E-state index in [1.54, 1.807) is 13.2 Å². The molecule has 2 rings (SSSR count). The number of pyridine rings is 1. The Morgan fingerprint density at radius 3 is 2.88 bits per heavy atom. The molecule has 17 heavy (non-hydrogen) atoms. The van der Waals surface area contributed by atoms with Gasteiger partial charge in [-0.15, -0.1) is 0 Å². The number of aromatic nitrogens is 1. The quantitative estimate of drug-likeness (QED) is 0.845. The van der Waals surface area contributed by atoms with Crippen molar-refractivity contribution in [3.05, 3.63) is 42.1 Å². The SMILES string of the molecule is COc1cccc(-c2cc(CN)c(O)cn2)c1. The fourth-order valence-electron chi connectivity index (χ4n) is 1.59. The van der Waals surface area contributed by atoms with E-state index in [9.17, 15) is 5.11 Å². The van der Waals surface area contributed by atoms with E-state index in [-0.39, 0.29) is 12.3 Å². The molecule has 3 N–H and O–H groups in total. The summed E-state index contributed by atoms with van der Waals surface area (Å²) in [5, 5.41) is 9.52. The highest BCUT2D eigenvalue weighted by Gasteiger charge is 2.05. The molecule has 1 aromatic carbocycles. The van der Waals surface area contributed by atoms with Crippen LogP contribution in [0.3, 0.4) is 0 Å². The Morgan fingerprint density at radius 1 is 1.35 bits per heavy atom. The number of nitrogens with two attached hydrogens (primary N) is 1. The molecule has 4 nitrogen and oxygen atoms in total. The number of rotatable bonds is 3. The molecule has 4 heteroatoms. The van der Waals surface area contributed by atoms with Gasteiger partial charge in [0.1, 0.15) is 11.5 Å². The maximum Gasteiger partial charge on any atom is 0.138 e. The average molecular weight is 230 g/mol. The van der Waals surface area contributed by atoms with Gasteiger partial charge in [-0.2, -0.15) is 0 Å². The van der Waals surface area contributed by atoms with E-state index < -0.39 is 0 Å². The number of hydrogen-bond acceptors (Lipinski definition) is 4. The molecule has 0 aliphatic heterocycles. The van der Waals surface area contributed by atoms with Gasteiger partial charge in [0.25, 0.3) is 0 Å². The fourth-order valence-corrected chi connectivity index (χ4v) is 1.59. The Bertz CT molecular complexity index is 527. The van der Waals surface area contributed by atoms with Gasteiger partial charge in [0.15, 0.2) is 0 Å². The van der Waals surface area contributed by atoms with E-state index in [2.05, 4.69) is 4.98 Å². The third kappa shape index (κ3) is 2.37. The molecule has 0 radical (unpaired) electrons. The van der Waals surface area contributed by atoms with Gasteiger partial charge < -0.3 is 15.6 Å². The van der Waals surface area contributed by atoms with Crippen LogP contribution in [0.5, 0.6) is 11.5 Å². The van der Waals surface area contributed by atoms with Gasteiger partial charge in [0.05, 0.1) is 19.0 Å². The van der Waals surface area contributed by atoms with Crippen molar-refractivity contribution in [2.24, 2.45) is 5.73 Å². The Balaban J connectivity index is 2.45. The summed E-state index contributed by atoms with van der Waals surface area (Å²) in [5.74, 6) is 0.894. The number of methoxy groups -OCH3 is 1. The molecular weight excluding hydrogens is 216 g/mol. The minimum absolute atomic E-state index is 0.124. The first-order valence-electron chi connectivity index (χ1n) is 5.27. The maximum atomic E-state index is 9.52. The number of benzene rings is 1. The van der Waals surface area contributed by atoms with Gasteiger partial charge in [-0.1, -0.05) is 12.1 Å². The van der Waals surface area contributed by atoms with E-state index in [1.165, 1.54) is 6.20 Å². The lowest BCUT2D eigenvalue weighted by molar-refractivity contribution is 0.415. The Hall–Kier alpha value is -2.07. The smallest absolute Gasteiger partial charge is 0.138 e. The summed E-state index contributed by atoms with van der Waals surface area (Å²) >= 11 is 0. The van der Waals surface area contributed by atoms with Gasteiger partial charge in [-0.3, -0.25) is 4.98 Å². The maximum absolute atomic E-state index is 9.52. The summed E-state index contributed by atoms with van der Waals surface area (Å²) in [4.78, 5) is 4.17. The van der Waals surface area contributed by atoms with E-state index >= 15 is 0 Å². The Kier molecular flexibility index (Phi) is 3.25. The van der Waals surface area contributed by atoms with Crippen molar-refractivity contribution in [2.75, 3.05) is 7.11 Å². The topological polar surface area (TPSA) is 68.4 Å². The molecule has 1 heterocycles. The van der Waals surface area contributed by atoms with Gasteiger partial charge in [-0.25, -0.2) is 0 Å². The lowest BCUT2D eigenvalue weighted by Crippen LogP contribution is -1.98. The van der Waals surface area contributed by atoms with E-state index in [0.717, 1.165) is 17.0 Å². The van der Waals surface area contributed by atoms with Crippen molar-refractivity contribution in [1.82, 2.24) is 4.98 Å². The summed E-state index contributed by atoms with van der Waals surface area (Å²) in [7, 11) is 1.62. The molecule has 0 bridgehead atoms. The first kappa shape index (κ1) is 11.4. The van der Waals surface area contributed by atoms with Crippen LogP contribution in [-0.2, 0) is 6.54 Å². The third-order valence-corrected chi connectivity index (χ3v) is 2.55. The predicted octanol–water partition coefficient (Wildman–Crippen LogP) is 1.92. The van der Waals surface area contributed by atoms with Crippen LogP contribution in [0.25, 0.3) is 11.3 Å². The highest BCUT2D eigenvalue weighted by atomic mass is 16.5. The van der Waals surface area contributed by atoms with Crippen molar-refractivity contribution in [1.29, 1.82) is 0 Å². The third-order valence-electron chi connectivity index (χ3n) is 2.55. The molecular formula is C13H14N2O2. The zero-order valence-electron chi connectivity index (χ0n) is 9.55. The van der Waals surface area contributed by atoms with E-state index in [4.69, 9.17) is 10.5 Å². The molecule has 0 spiro atoms. The largest absolute Gasteiger partial charge is 0.506 e. The molecule has 0 aliphatic rings. The second-order valence-electron chi connectivity index (χ2n) is 3.63. The lowest BCUT2D eigenvalue weighted by Gasteiger charge is -2.06. The van der Waals surface area contributed by atoms with Crippen LogP contribution in [0.15, 0.2) is 36.5 Å². The lowest BCUT2D eigenvalue weighted by atomic mass is 10.1. The first-order valence-corrected chi connectivity index (χ1v) is 5.27. The number of ether oxygens (including phenoxy) is 1. The summed E-state index contributed by atoms with van der Waals surface area (Å²) in [6, 6.07) is 9.37. The summed E-state index contributed by atoms with van der Waals surface area (Å²) in [6.45, 7) is 0.283. The second kappa shape index (κ2) is 4.84. The number of nitrogens with zero attached hydrogens (tertiary/aromatic N) is 1. The van der Waals surface area contributed by atoms with Gasteiger partial charge in [-0.05, 0) is 18.2 Å². The molecule has 0 fully saturated rings. The van der Waals surface area contributed by atoms with Crippen LogP contribution in [-0.4, -0.2) is 17.2 Å². The van der Waals surface area contributed by atoms with Crippen LogP contribution in [0, 0.1) is 0 Å². The monoisotopic (exact) mass is 230 g/mol. The van der Waals surface area contributed by atoms with Crippen LogP contribution >= 0.6 is 0 Å². The van der Waals surface area contributed by atoms with Gasteiger partial charge in [0, 0.05) is 17.7 Å². The highest BCUT2D eigenvalue weighted by Crippen LogP contribution is 2.25. The van der Waals surface area contributed by atoms with Gasteiger partial charge in [0.2, 0.25) is 0 Å². The zero-order valence-corrected chi connectivity index (χ0v) is 9.55. The molecule has 2 aromatic rings. The molecule has 0 amide bonds. The van der Waals surface area contributed by atoms with Crippen molar-refractivity contribution >= 4 is 0 Å². The van der Waals surface area contributed by atoms with Crippen molar-refractivity contribution < 1.29 is 9.84 Å². The van der Waals surface area contributed by atoms with Crippen LogP contribution in [0.4, 0.5) is 0 Å². The Morgan fingerprint density at radius 2 is 2.18 bits per heavy atom. The van der Waals surface area contributed by atoms with Crippen molar-refractivity contribution in [3.63, 3.8) is 0 Å². The molecule has 0 saturated heterocycles. The molecule has 88 valence electrons. The minimum Gasteiger partial charge on any atom is -0.506 e. The van der Waals surface area contributed by atoms with Crippen LogP contribution in [0.1, 0.15) is 5.56 Å². The van der Waals surface area contributed by atoms with E-state index in [1.807, 2.05) is 24.3 Å². The van der Waals surface area contributed by atoms with Gasteiger partial charge >= 0.3 is 0 Å². The molecule has 0 saturated carbocycles. The number of aromatic hydroxyl groups is 1. The first-order chi connectivity index (χ1) is 8.24. The van der Waals surface area contributed by atoms with Crippen LogP contribution in [0.2, 0.25) is 0 Å². The minimum atomic E-state index is 0.124. The Labute approximate surface area is 99.7 Å².